The molecule has 0 amide bonds. The highest BCUT2D eigenvalue weighted by molar-refractivity contribution is 6.31. The van der Waals surface area contributed by atoms with Gasteiger partial charge in [0, 0.05) is 5.02 Å². The van der Waals surface area contributed by atoms with E-state index < -0.39 is 0 Å². The minimum Gasteiger partial charge on any atom is -0.497 e. The lowest BCUT2D eigenvalue weighted by atomic mass is 9.83. The second-order valence-corrected chi connectivity index (χ2v) is 5.88. The van der Waals surface area contributed by atoms with E-state index in [4.69, 9.17) is 16.3 Å². The van der Waals surface area contributed by atoms with Gasteiger partial charge in [0.15, 0.2) is 0 Å². The second-order valence-electron chi connectivity index (χ2n) is 5.48. The lowest BCUT2D eigenvalue weighted by Crippen LogP contribution is -2.20. The molecule has 2 nitrogen and oxygen atoms in total. The van der Waals surface area contributed by atoms with Gasteiger partial charge >= 0.3 is 0 Å². The molecule has 0 unspecified atom stereocenters. The fourth-order valence-corrected chi connectivity index (χ4v) is 2.18. The fraction of sp³-hybridized carbons (Fsp3) is 0.600. The molecule has 0 aliphatic heterocycles. The van der Waals surface area contributed by atoms with E-state index in [0.29, 0.717) is 5.41 Å². The van der Waals surface area contributed by atoms with Crippen LogP contribution in [0.25, 0.3) is 0 Å². The number of methoxy groups -OCH3 is 1. The summed E-state index contributed by atoms with van der Waals surface area (Å²) in [4.78, 5) is 0. The van der Waals surface area contributed by atoms with Gasteiger partial charge in [-0.05, 0) is 56.0 Å². The first-order valence-electron chi connectivity index (χ1n) is 6.45. The van der Waals surface area contributed by atoms with Crippen LogP contribution in [-0.2, 0) is 6.42 Å². The van der Waals surface area contributed by atoms with E-state index >= 15 is 0 Å². The summed E-state index contributed by atoms with van der Waals surface area (Å²) in [6.07, 6.45) is 3.33. The van der Waals surface area contributed by atoms with Crippen molar-refractivity contribution in [2.45, 2.75) is 33.1 Å². The van der Waals surface area contributed by atoms with Crippen molar-refractivity contribution in [3.05, 3.63) is 28.8 Å². The molecular weight excluding hydrogens is 246 g/mol. The molecule has 0 saturated heterocycles. The summed E-state index contributed by atoms with van der Waals surface area (Å²) in [5.41, 5.74) is 1.54. The van der Waals surface area contributed by atoms with Gasteiger partial charge < -0.3 is 10.1 Å². The van der Waals surface area contributed by atoms with Gasteiger partial charge in [-0.2, -0.15) is 0 Å². The summed E-state index contributed by atoms with van der Waals surface area (Å²) in [5, 5.41) is 4.01. The van der Waals surface area contributed by atoms with Crippen LogP contribution in [0.15, 0.2) is 18.2 Å². The first kappa shape index (κ1) is 15.3. The third-order valence-corrected chi connectivity index (χ3v) is 3.73. The van der Waals surface area contributed by atoms with Gasteiger partial charge in [-0.15, -0.1) is 0 Å². The maximum atomic E-state index is 6.25. The van der Waals surface area contributed by atoms with Crippen molar-refractivity contribution in [2.75, 3.05) is 20.7 Å². The van der Waals surface area contributed by atoms with E-state index in [1.807, 2.05) is 19.2 Å². The Morgan fingerprint density at radius 2 is 2.00 bits per heavy atom. The number of benzene rings is 1. The largest absolute Gasteiger partial charge is 0.497 e. The minimum atomic E-state index is 0.340. The van der Waals surface area contributed by atoms with E-state index in [-0.39, 0.29) is 0 Å². The van der Waals surface area contributed by atoms with Gasteiger partial charge in [-0.3, -0.25) is 0 Å². The fourth-order valence-electron chi connectivity index (χ4n) is 1.92. The lowest BCUT2D eigenvalue weighted by molar-refractivity contribution is 0.305. The van der Waals surface area contributed by atoms with Crippen LogP contribution in [0, 0.1) is 5.41 Å². The van der Waals surface area contributed by atoms with Crippen LogP contribution < -0.4 is 10.1 Å². The van der Waals surface area contributed by atoms with Gasteiger partial charge in [-0.1, -0.05) is 31.5 Å². The third kappa shape index (κ3) is 4.87. The van der Waals surface area contributed by atoms with Crippen LogP contribution in [0.5, 0.6) is 5.75 Å². The van der Waals surface area contributed by atoms with Gasteiger partial charge in [0.1, 0.15) is 5.75 Å². The molecule has 0 saturated carbocycles. The molecule has 1 aromatic carbocycles. The highest BCUT2D eigenvalue weighted by atomic mass is 35.5. The van der Waals surface area contributed by atoms with Crippen LogP contribution >= 0.6 is 11.6 Å². The monoisotopic (exact) mass is 269 g/mol. The lowest BCUT2D eigenvalue weighted by Gasteiger charge is -2.24. The number of nitrogens with one attached hydrogen (secondary N) is 1. The normalized spacial score (nSPS) is 11.6. The second kappa shape index (κ2) is 7.01. The van der Waals surface area contributed by atoms with E-state index in [2.05, 4.69) is 25.2 Å². The molecule has 0 fully saturated rings. The Morgan fingerprint density at radius 1 is 1.28 bits per heavy atom. The average Bonchev–Trinajstić information content (AvgIpc) is 2.35. The first-order valence-corrected chi connectivity index (χ1v) is 6.83. The molecule has 0 bridgehead atoms. The number of halogens is 1. The molecule has 1 N–H and O–H groups in total. The molecule has 3 heteroatoms. The highest BCUT2D eigenvalue weighted by Gasteiger charge is 2.17. The minimum absolute atomic E-state index is 0.340. The summed E-state index contributed by atoms with van der Waals surface area (Å²) < 4.78 is 5.16. The topological polar surface area (TPSA) is 21.3 Å². The first-order chi connectivity index (χ1) is 8.48. The highest BCUT2D eigenvalue weighted by Crippen LogP contribution is 2.30. The van der Waals surface area contributed by atoms with E-state index in [1.54, 1.807) is 7.11 Å². The maximum Gasteiger partial charge on any atom is 0.120 e. The predicted molar refractivity (Wildman–Crippen MR) is 78.6 cm³/mol. The van der Waals surface area contributed by atoms with E-state index in [1.165, 1.54) is 12.0 Å². The van der Waals surface area contributed by atoms with Crippen molar-refractivity contribution in [1.29, 1.82) is 0 Å². The average molecular weight is 270 g/mol. The van der Waals surface area contributed by atoms with Crippen molar-refractivity contribution in [3.8, 4) is 5.75 Å². The molecule has 0 aliphatic carbocycles. The number of rotatable bonds is 7. The quantitative estimate of drug-likeness (QED) is 0.810. The molecule has 18 heavy (non-hydrogen) atoms. The summed E-state index contributed by atoms with van der Waals surface area (Å²) >= 11 is 6.25. The Balaban J connectivity index is 2.57. The number of hydrogen-bond donors (Lipinski definition) is 1. The van der Waals surface area contributed by atoms with Crippen molar-refractivity contribution >= 4 is 11.6 Å². The molecule has 0 heterocycles. The molecule has 0 aromatic heterocycles. The van der Waals surface area contributed by atoms with Gasteiger partial charge in [-0.25, -0.2) is 0 Å². The van der Waals surface area contributed by atoms with Crippen LogP contribution in [-0.4, -0.2) is 20.7 Å². The van der Waals surface area contributed by atoms with Crippen molar-refractivity contribution < 1.29 is 4.74 Å². The molecule has 1 aromatic rings. The molecule has 102 valence electrons. The Morgan fingerprint density at radius 3 is 2.56 bits per heavy atom. The number of aryl methyl sites for hydroxylation is 1. The zero-order chi connectivity index (χ0) is 13.6. The van der Waals surface area contributed by atoms with E-state index in [9.17, 15) is 0 Å². The SMILES string of the molecule is CNCCC(C)(C)CCc1ccc(OC)cc1Cl. The Bertz CT molecular complexity index is 377. The molecule has 0 spiro atoms. The number of ether oxygens (including phenoxy) is 1. The zero-order valence-corrected chi connectivity index (χ0v) is 12.6. The van der Waals surface area contributed by atoms with Crippen LogP contribution in [0.1, 0.15) is 32.3 Å². The Kier molecular flexibility index (Phi) is 5.97. The summed E-state index contributed by atoms with van der Waals surface area (Å²) in [5.74, 6) is 0.818. The standard InChI is InChI=1S/C15H24ClNO/c1-15(2,9-10-17-3)8-7-12-5-6-13(18-4)11-14(12)16/h5-6,11,17H,7-10H2,1-4H3. The number of hydrogen-bond acceptors (Lipinski definition) is 2. The summed E-state index contributed by atoms with van der Waals surface area (Å²) in [6, 6.07) is 5.93. The third-order valence-electron chi connectivity index (χ3n) is 3.38. The Hall–Kier alpha value is -0.730. The van der Waals surface area contributed by atoms with Gasteiger partial charge in [0.2, 0.25) is 0 Å². The molecule has 0 radical (unpaired) electrons. The Labute approximate surface area is 116 Å². The van der Waals surface area contributed by atoms with Gasteiger partial charge in [0.25, 0.3) is 0 Å². The van der Waals surface area contributed by atoms with Gasteiger partial charge in [0.05, 0.1) is 7.11 Å². The predicted octanol–water partition coefficient (Wildman–Crippen LogP) is 3.92. The van der Waals surface area contributed by atoms with Crippen molar-refractivity contribution in [3.63, 3.8) is 0 Å². The smallest absolute Gasteiger partial charge is 0.120 e. The van der Waals surface area contributed by atoms with E-state index in [0.717, 1.165) is 30.2 Å². The molecule has 0 aliphatic rings. The van der Waals surface area contributed by atoms with Crippen LogP contribution in [0.4, 0.5) is 0 Å². The zero-order valence-electron chi connectivity index (χ0n) is 11.8. The summed E-state index contributed by atoms with van der Waals surface area (Å²) in [6.45, 7) is 5.67. The van der Waals surface area contributed by atoms with Crippen LogP contribution in [0.3, 0.4) is 0 Å². The molecule has 1 rings (SSSR count). The van der Waals surface area contributed by atoms with Crippen molar-refractivity contribution in [2.24, 2.45) is 5.41 Å². The van der Waals surface area contributed by atoms with Crippen LogP contribution in [0.2, 0.25) is 5.02 Å². The summed E-state index contributed by atoms with van der Waals surface area (Å²) in [7, 11) is 3.66. The van der Waals surface area contributed by atoms with Crippen molar-refractivity contribution in [1.82, 2.24) is 5.32 Å². The maximum absolute atomic E-state index is 6.25. The molecule has 0 atom stereocenters. The molecular formula is C15H24ClNO.